The highest BCUT2D eigenvalue weighted by Crippen LogP contribution is 2.26. The van der Waals surface area contributed by atoms with Crippen molar-refractivity contribution in [2.45, 2.75) is 33.2 Å². The average molecular weight is 286 g/mol. The van der Waals surface area contributed by atoms with Crippen LogP contribution in [0.3, 0.4) is 0 Å². The van der Waals surface area contributed by atoms with E-state index in [0.717, 1.165) is 23.7 Å². The number of nitrogens with one attached hydrogen (secondary N) is 2. The van der Waals surface area contributed by atoms with Gasteiger partial charge in [-0.2, -0.15) is 4.98 Å². The third-order valence-electron chi connectivity index (χ3n) is 3.10. The second kappa shape index (κ2) is 7.47. The Morgan fingerprint density at radius 2 is 2.00 bits per heavy atom. The minimum atomic E-state index is 0.378. The SMILES string of the molecule is CCOc1ccccc1Nc1nccc(NC(C)CC)n1. The Labute approximate surface area is 125 Å². The molecule has 2 rings (SSSR count). The van der Waals surface area contributed by atoms with E-state index in [1.54, 1.807) is 6.20 Å². The van der Waals surface area contributed by atoms with Crippen LogP contribution in [0.25, 0.3) is 0 Å². The van der Waals surface area contributed by atoms with Gasteiger partial charge >= 0.3 is 0 Å². The van der Waals surface area contributed by atoms with Gasteiger partial charge in [-0.25, -0.2) is 4.98 Å². The number of anilines is 3. The molecule has 0 fully saturated rings. The van der Waals surface area contributed by atoms with Crippen LogP contribution < -0.4 is 15.4 Å². The molecule has 1 aromatic carbocycles. The van der Waals surface area contributed by atoms with Crippen molar-refractivity contribution in [3.8, 4) is 5.75 Å². The van der Waals surface area contributed by atoms with Gasteiger partial charge in [0.05, 0.1) is 12.3 Å². The lowest BCUT2D eigenvalue weighted by atomic mass is 10.2. The first-order chi connectivity index (χ1) is 10.2. The van der Waals surface area contributed by atoms with E-state index in [-0.39, 0.29) is 0 Å². The van der Waals surface area contributed by atoms with Gasteiger partial charge < -0.3 is 15.4 Å². The molecule has 1 aromatic heterocycles. The van der Waals surface area contributed by atoms with Crippen molar-refractivity contribution in [1.29, 1.82) is 0 Å². The molecule has 0 spiro atoms. The molecule has 21 heavy (non-hydrogen) atoms. The van der Waals surface area contributed by atoms with Crippen LogP contribution in [0.2, 0.25) is 0 Å². The molecule has 0 bridgehead atoms. The molecule has 1 atom stereocenters. The van der Waals surface area contributed by atoms with Crippen molar-refractivity contribution in [1.82, 2.24) is 9.97 Å². The van der Waals surface area contributed by atoms with Crippen molar-refractivity contribution in [2.75, 3.05) is 17.2 Å². The zero-order chi connectivity index (χ0) is 15.1. The smallest absolute Gasteiger partial charge is 0.229 e. The summed E-state index contributed by atoms with van der Waals surface area (Å²) in [5.74, 6) is 2.16. The maximum absolute atomic E-state index is 5.59. The molecule has 0 radical (unpaired) electrons. The van der Waals surface area contributed by atoms with E-state index in [1.807, 2.05) is 37.3 Å². The first-order valence-corrected chi connectivity index (χ1v) is 7.31. The van der Waals surface area contributed by atoms with Crippen molar-refractivity contribution >= 4 is 17.5 Å². The standard InChI is InChI=1S/C16H22N4O/c1-4-12(3)18-15-10-11-17-16(20-15)19-13-8-6-7-9-14(13)21-5-2/h6-12H,4-5H2,1-3H3,(H2,17,18,19,20). The molecule has 2 aromatic rings. The third-order valence-corrected chi connectivity index (χ3v) is 3.10. The highest BCUT2D eigenvalue weighted by molar-refractivity contribution is 5.62. The van der Waals surface area contributed by atoms with Crippen molar-refractivity contribution in [3.63, 3.8) is 0 Å². The predicted octanol–water partition coefficient (Wildman–Crippen LogP) is 3.83. The lowest BCUT2D eigenvalue weighted by Gasteiger charge is -2.14. The number of rotatable bonds is 7. The van der Waals surface area contributed by atoms with Gasteiger partial charge in [-0.3, -0.25) is 0 Å². The van der Waals surface area contributed by atoms with Crippen LogP contribution in [0.4, 0.5) is 17.5 Å². The molecular formula is C16H22N4O. The van der Waals surface area contributed by atoms with E-state index in [9.17, 15) is 0 Å². The lowest BCUT2D eigenvalue weighted by Crippen LogP contribution is -2.15. The molecule has 1 unspecified atom stereocenters. The van der Waals surface area contributed by atoms with Gasteiger partial charge in [-0.05, 0) is 38.5 Å². The van der Waals surface area contributed by atoms with Gasteiger partial charge in [0.2, 0.25) is 5.95 Å². The number of hydrogen-bond donors (Lipinski definition) is 2. The van der Waals surface area contributed by atoms with Crippen LogP contribution in [-0.4, -0.2) is 22.6 Å². The van der Waals surface area contributed by atoms with E-state index in [1.165, 1.54) is 0 Å². The molecule has 0 aliphatic carbocycles. The van der Waals surface area contributed by atoms with Gasteiger partial charge in [0, 0.05) is 12.2 Å². The Morgan fingerprint density at radius 3 is 2.76 bits per heavy atom. The minimum absolute atomic E-state index is 0.378. The van der Waals surface area contributed by atoms with E-state index in [0.29, 0.717) is 18.6 Å². The maximum Gasteiger partial charge on any atom is 0.229 e. The first-order valence-electron chi connectivity index (χ1n) is 7.31. The maximum atomic E-state index is 5.59. The third kappa shape index (κ3) is 4.34. The average Bonchev–Trinajstić information content (AvgIpc) is 2.50. The Balaban J connectivity index is 2.14. The summed E-state index contributed by atoms with van der Waals surface area (Å²) in [7, 11) is 0. The largest absolute Gasteiger partial charge is 0.492 e. The fraction of sp³-hybridized carbons (Fsp3) is 0.375. The lowest BCUT2D eigenvalue weighted by molar-refractivity contribution is 0.342. The quantitative estimate of drug-likeness (QED) is 0.810. The van der Waals surface area contributed by atoms with Crippen LogP contribution in [0.15, 0.2) is 36.5 Å². The molecule has 0 aliphatic rings. The summed E-state index contributed by atoms with van der Waals surface area (Å²) in [6.45, 7) is 6.84. The summed E-state index contributed by atoms with van der Waals surface area (Å²) < 4.78 is 5.59. The summed E-state index contributed by atoms with van der Waals surface area (Å²) in [6, 6.07) is 10.0. The Hall–Kier alpha value is -2.30. The first kappa shape index (κ1) is 15.1. The monoisotopic (exact) mass is 286 g/mol. The van der Waals surface area contributed by atoms with Gasteiger partial charge in [-0.1, -0.05) is 19.1 Å². The minimum Gasteiger partial charge on any atom is -0.492 e. The summed E-state index contributed by atoms with van der Waals surface area (Å²) in [5, 5.41) is 6.54. The molecule has 0 saturated carbocycles. The molecular weight excluding hydrogens is 264 g/mol. The van der Waals surface area contributed by atoms with Crippen LogP contribution in [0, 0.1) is 0 Å². The molecule has 112 valence electrons. The normalized spacial score (nSPS) is 11.8. The van der Waals surface area contributed by atoms with Crippen LogP contribution in [0.1, 0.15) is 27.2 Å². The Morgan fingerprint density at radius 1 is 1.19 bits per heavy atom. The van der Waals surface area contributed by atoms with Gasteiger partial charge in [0.25, 0.3) is 0 Å². The zero-order valence-electron chi connectivity index (χ0n) is 12.8. The van der Waals surface area contributed by atoms with E-state index >= 15 is 0 Å². The second-order valence-corrected chi connectivity index (χ2v) is 4.77. The molecule has 0 amide bonds. The molecule has 0 aliphatic heterocycles. The second-order valence-electron chi connectivity index (χ2n) is 4.77. The Kier molecular flexibility index (Phi) is 5.37. The molecule has 5 nitrogen and oxygen atoms in total. The molecule has 5 heteroatoms. The number of aromatic nitrogens is 2. The summed E-state index contributed by atoms with van der Waals surface area (Å²) in [5.41, 5.74) is 0.861. The number of nitrogens with zero attached hydrogens (tertiary/aromatic N) is 2. The van der Waals surface area contributed by atoms with Crippen molar-refractivity contribution in [2.24, 2.45) is 0 Å². The van der Waals surface area contributed by atoms with E-state index in [4.69, 9.17) is 4.74 Å². The van der Waals surface area contributed by atoms with Crippen LogP contribution in [-0.2, 0) is 0 Å². The fourth-order valence-corrected chi connectivity index (χ4v) is 1.83. The van der Waals surface area contributed by atoms with Crippen LogP contribution in [0.5, 0.6) is 5.75 Å². The number of para-hydroxylation sites is 2. The highest BCUT2D eigenvalue weighted by Gasteiger charge is 2.06. The highest BCUT2D eigenvalue weighted by atomic mass is 16.5. The summed E-state index contributed by atoms with van der Waals surface area (Å²) in [6.07, 6.45) is 2.78. The van der Waals surface area contributed by atoms with E-state index < -0.39 is 0 Å². The van der Waals surface area contributed by atoms with Gasteiger partial charge in [0.15, 0.2) is 0 Å². The molecule has 2 N–H and O–H groups in total. The van der Waals surface area contributed by atoms with Gasteiger partial charge in [0.1, 0.15) is 11.6 Å². The molecule has 1 heterocycles. The van der Waals surface area contributed by atoms with Gasteiger partial charge in [-0.15, -0.1) is 0 Å². The number of hydrogen-bond acceptors (Lipinski definition) is 5. The van der Waals surface area contributed by atoms with E-state index in [2.05, 4.69) is 34.4 Å². The topological polar surface area (TPSA) is 59.1 Å². The zero-order valence-corrected chi connectivity index (χ0v) is 12.8. The summed E-state index contributed by atoms with van der Waals surface area (Å²) in [4.78, 5) is 8.72. The van der Waals surface area contributed by atoms with Crippen LogP contribution >= 0.6 is 0 Å². The number of ether oxygens (including phenoxy) is 1. The Bertz CT molecular complexity index is 574. The number of benzene rings is 1. The van der Waals surface area contributed by atoms with Crippen molar-refractivity contribution < 1.29 is 4.74 Å². The summed E-state index contributed by atoms with van der Waals surface area (Å²) >= 11 is 0. The fourth-order valence-electron chi connectivity index (χ4n) is 1.83. The molecule has 0 saturated heterocycles. The predicted molar refractivity (Wildman–Crippen MR) is 86.3 cm³/mol. The van der Waals surface area contributed by atoms with Crippen molar-refractivity contribution in [3.05, 3.63) is 36.5 Å².